The second kappa shape index (κ2) is 5.49. The van der Waals surface area contributed by atoms with Crippen molar-refractivity contribution < 1.29 is 14.4 Å². The van der Waals surface area contributed by atoms with Gasteiger partial charge in [-0.05, 0) is 31.3 Å². The highest BCUT2D eigenvalue weighted by Gasteiger charge is 2.12. The molecule has 19 heavy (non-hydrogen) atoms. The fourth-order valence-corrected chi connectivity index (χ4v) is 1.60. The van der Waals surface area contributed by atoms with Crippen LogP contribution in [0.25, 0.3) is 0 Å². The zero-order chi connectivity index (χ0) is 13.8. The number of nitrogens with zero attached hydrogens (tertiary/aromatic N) is 1. The molecular formula is C12H11N3O3S. The predicted molar refractivity (Wildman–Crippen MR) is 73.0 cm³/mol. The number of hydrogen-bond donors (Lipinski definition) is 3. The second-order valence-corrected chi connectivity index (χ2v) is 4.19. The predicted octanol–water partition coefficient (Wildman–Crippen LogP) is 1.82. The van der Waals surface area contributed by atoms with Crippen LogP contribution in [-0.2, 0) is 0 Å². The molecule has 0 saturated carbocycles. The number of aromatic hydroxyl groups is 1. The van der Waals surface area contributed by atoms with Crippen molar-refractivity contribution in [2.75, 3.05) is 5.32 Å². The Kier molecular flexibility index (Phi) is 3.76. The van der Waals surface area contributed by atoms with Crippen molar-refractivity contribution in [2.24, 2.45) is 0 Å². The Balaban J connectivity index is 1.96. The molecule has 0 atom stereocenters. The first-order valence-corrected chi connectivity index (χ1v) is 5.80. The average Bonchev–Trinajstić information content (AvgIpc) is 2.75. The van der Waals surface area contributed by atoms with Crippen molar-refractivity contribution >= 4 is 28.9 Å². The molecule has 98 valence electrons. The molecule has 0 saturated heterocycles. The van der Waals surface area contributed by atoms with Gasteiger partial charge in [-0.2, -0.15) is 0 Å². The normalized spacial score (nSPS) is 9.95. The van der Waals surface area contributed by atoms with Crippen molar-refractivity contribution in [3.8, 4) is 5.75 Å². The highest BCUT2D eigenvalue weighted by Crippen LogP contribution is 2.15. The van der Waals surface area contributed by atoms with Gasteiger partial charge in [0.05, 0.1) is 0 Å². The lowest BCUT2D eigenvalue weighted by Crippen LogP contribution is -2.34. The maximum absolute atomic E-state index is 11.7. The maximum atomic E-state index is 11.7. The summed E-state index contributed by atoms with van der Waals surface area (Å²) in [5.41, 5.74) is 0.721. The lowest BCUT2D eigenvalue weighted by atomic mass is 10.3. The van der Waals surface area contributed by atoms with E-state index in [4.69, 9.17) is 16.7 Å². The number of aryl methyl sites for hydroxylation is 1. The van der Waals surface area contributed by atoms with Crippen LogP contribution in [0.5, 0.6) is 5.75 Å². The number of carbonyl (C=O) groups excluding carboxylic acids is 1. The van der Waals surface area contributed by atoms with Gasteiger partial charge in [-0.1, -0.05) is 11.2 Å². The molecule has 7 heteroatoms. The van der Waals surface area contributed by atoms with Crippen LogP contribution in [0.2, 0.25) is 0 Å². The minimum atomic E-state index is -0.463. The first-order valence-electron chi connectivity index (χ1n) is 5.39. The van der Waals surface area contributed by atoms with Crippen LogP contribution >= 0.6 is 12.2 Å². The van der Waals surface area contributed by atoms with Crippen LogP contribution in [0, 0.1) is 6.92 Å². The van der Waals surface area contributed by atoms with Crippen molar-refractivity contribution in [1.82, 2.24) is 10.5 Å². The van der Waals surface area contributed by atoms with Gasteiger partial charge in [0.2, 0.25) is 0 Å². The van der Waals surface area contributed by atoms with E-state index in [1.807, 2.05) is 0 Å². The number of phenols is 1. The number of phenolic OH excluding ortho intramolecular Hbond substituents is 1. The van der Waals surface area contributed by atoms with E-state index >= 15 is 0 Å². The van der Waals surface area contributed by atoms with E-state index < -0.39 is 5.91 Å². The molecule has 2 rings (SSSR count). The van der Waals surface area contributed by atoms with Crippen molar-refractivity contribution in [2.45, 2.75) is 6.92 Å². The summed E-state index contributed by atoms with van der Waals surface area (Å²) in [6.45, 7) is 1.69. The van der Waals surface area contributed by atoms with E-state index in [-0.39, 0.29) is 16.6 Å². The van der Waals surface area contributed by atoms with E-state index in [0.29, 0.717) is 11.4 Å². The van der Waals surface area contributed by atoms with Crippen LogP contribution in [-0.4, -0.2) is 21.3 Å². The van der Waals surface area contributed by atoms with Gasteiger partial charge in [0.1, 0.15) is 11.5 Å². The highest BCUT2D eigenvalue weighted by atomic mass is 32.1. The molecule has 0 aliphatic carbocycles. The van der Waals surface area contributed by atoms with E-state index in [1.54, 1.807) is 19.1 Å². The lowest BCUT2D eigenvalue weighted by molar-refractivity contribution is 0.0969. The van der Waals surface area contributed by atoms with Gasteiger partial charge in [-0.25, -0.2) is 0 Å². The molecule has 0 fully saturated rings. The summed E-state index contributed by atoms with van der Waals surface area (Å²) < 4.78 is 4.79. The van der Waals surface area contributed by atoms with E-state index in [0.717, 1.165) is 0 Å². The Hall–Kier alpha value is -2.41. The molecule has 1 heterocycles. The first kappa shape index (κ1) is 13.0. The summed E-state index contributed by atoms with van der Waals surface area (Å²) in [7, 11) is 0. The smallest absolute Gasteiger partial charge is 0.279 e. The van der Waals surface area contributed by atoms with Gasteiger partial charge in [0.15, 0.2) is 10.8 Å². The number of hydrogen-bond acceptors (Lipinski definition) is 5. The Labute approximate surface area is 114 Å². The second-order valence-electron chi connectivity index (χ2n) is 3.78. The van der Waals surface area contributed by atoms with Crippen LogP contribution in [0.3, 0.4) is 0 Å². The third-order valence-corrected chi connectivity index (χ3v) is 2.40. The number of benzene rings is 1. The first-order chi connectivity index (χ1) is 9.04. The average molecular weight is 277 g/mol. The molecule has 2 aromatic rings. The Morgan fingerprint density at radius 3 is 2.84 bits per heavy atom. The Morgan fingerprint density at radius 1 is 1.42 bits per heavy atom. The number of rotatable bonds is 2. The molecule has 1 amide bonds. The topological polar surface area (TPSA) is 87.4 Å². The highest BCUT2D eigenvalue weighted by molar-refractivity contribution is 7.80. The molecular weight excluding hydrogens is 266 g/mol. The fourth-order valence-electron chi connectivity index (χ4n) is 1.39. The SMILES string of the molecule is Cc1cc(C(=O)NC(=S)Nc2cccc(O)c2)no1. The lowest BCUT2D eigenvalue weighted by Gasteiger charge is -2.08. The molecule has 0 bridgehead atoms. The van der Waals surface area contributed by atoms with Crippen LogP contribution in [0.1, 0.15) is 16.2 Å². The Bertz CT molecular complexity index is 624. The van der Waals surface area contributed by atoms with Gasteiger partial charge in [0.25, 0.3) is 5.91 Å². The van der Waals surface area contributed by atoms with Gasteiger partial charge in [-0.3, -0.25) is 10.1 Å². The number of carbonyl (C=O) groups is 1. The van der Waals surface area contributed by atoms with Crippen LogP contribution in [0.15, 0.2) is 34.9 Å². The quantitative estimate of drug-likeness (QED) is 0.726. The monoisotopic (exact) mass is 277 g/mol. The minimum absolute atomic E-state index is 0.103. The standard InChI is InChI=1S/C12H11N3O3S/c1-7-5-10(15-18-7)11(17)14-12(19)13-8-3-2-4-9(16)6-8/h2-6,16H,1H3,(H2,13,14,17,19). The maximum Gasteiger partial charge on any atom is 0.279 e. The molecule has 3 N–H and O–H groups in total. The Morgan fingerprint density at radius 2 is 2.21 bits per heavy atom. The van der Waals surface area contributed by atoms with Gasteiger partial charge >= 0.3 is 0 Å². The van der Waals surface area contributed by atoms with Crippen molar-refractivity contribution in [1.29, 1.82) is 0 Å². The number of thiocarbonyl (C=S) groups is 1. The van der Waals surface area contributed by atoms with Crippen LogP contribution < -0.4 is 10.6 Å². The van der Waals surface area contributed by atoms with E-state index in [2.05, 4.69) is 15.8 Å². The molecule has 0 aliphatic rings. The van der Waals surface area contributed by atoms with Crippen molar-refractivity contribution in [3.63, 3.8) is 0 Å². The summed E-state index contributed by atoms with van der Waals surface area (Å²) in [4.78, 5) is 11.7. The van der Waals surface area contributed by atoms with E-state index in [1.165, 1.54) is 18.2 Å². The molecule has 0 radical (unpaired) electrons. The number of aromatic nitrogens is 1. The number of nitrogens with one attached hydrogen (secondary N) is 2. The summed E-state index contributed by atoms with van der Waals surface area (Å²) in [5, 5.41) is 18.2. The van der Waals surface area contributed by atoms with Gasteiger partial charge in [-0.15, -0.1) is 0 Å². The summed E-state index contributed by atoms with van der Waals surface area (Å²) >= 11 is 4.98. The van der Waals surface area contributed by atoms with Crippen molar-refractivity contribution in [3.05, 3.63) is 41.8 Å². The molecule has 0 aliphatic heterocycles. The van der Waals surface area contributed by atoms with Gasteiger partial charge in [0, 0.05) is 17.8 Å². The summed E-state index contributed by atoms with van der Waals surface area (Å²) in [6, 6.07) is 7.89. The third-order valence-electron chi connectivity index (χ3n) is 2.19. The third kappa shape index (κ3) is 3.52. The molecule has 0 spiro atoms. The largest absolute Gasteiger partial charge is 0.508 e. The fraction of sp³-hybridized carbons (Fsp3) is 0.0833. The zero-order valence-electron chi connectivity index (χ0n) is 10.0. The molecule has 6 nitrogen and oxygen atoms in total. The van der Waals surface area contributed by atoms with Gasteiger partial charge < -0.3 is 14.9 Å². The molecule has 1 aromatic carbocycles. The zero-order valence-corrected chi connectivity index (χ0v) is 10.8. The summed E-state index contributed by atoms with van der Waals surface area (Å²) in [5.74, 6) is 0.178. The number of amides is 1. The van der Waals surface area contributed by atoms with E-state index in [9.17, 15) is 9.90 Å². The minimum Gasteiger partial charge on any atom is -0.508 e. The molecule has 1 aromatic heterocycles. The molecule has 0 unspecified atom stereocenters. The summed E-state index contributed by atoms with van der Waals surface area (Å²) in [6.07, 6.45) is 0. The van der Waals surface area contributed by atoms with Crippen LogP contribution in [0.4, 0.5) is 5.69 Å². The number of anilines is 1.